The van der Waals surface area contributed by atoms with E-state index in [-0.39, 0.29) is 5.91 Å². The van der Waals surface area contributed by atoms with Gasteiger partial charge in [-0.3, -0.25) is 4.79 Å². The average molecular weight is 237 g/mol. The predicted octanol–water partition coefficient (Wildman–Crippen LogP) is 3.99. The maximum atomic E-state index is 10.6. The van der Waals surface area contributed by atoms with E-state index in [1.807, 2.05) is 12.2 Å². The van der Waals surface area contributed by atoms with Crippen LogP contribution in [0.25, 0.3) is 0 Å². The highest BCUT2D eigenvalue weighted by Crippen LogP contribution is 2.06. The number of nitrogens with one attached hydrogen (secondary N) is 1. The Morgan fingerprint density at radius 1 is 1.00 bits per heavy atom. The second kappa shape index (κ2) is 13.0. The molecule has 0 radical (unpaired) electrons. The number of hydrogen-bond acceptors (Lipinski definition) is 1. The molecule has 0 aliphatic heterocycles. The largest absolute Gasteiger partial charge is 0.353 e. The number of hydrogen-bond donors (Lipinski definition) is 1. The van der Waals surface area contributed by atoms with Crippen molar-refractivity contribution in [2.75, 3.05) is 6.54 Å². The van der Waals surface area contributed by atoms with Crippen LogP contribution in [0.4, 0.5) is 0 Å². The van der Waals surface area contributed by atoms with Crippen LogP contribution in [0.2, 0.25) is 0 Å². The molecule has 0 rings (SSSR count). The standard InChI is InChI=1S/C15H27NO/c1-3-4-5-6-7-8-9-10-11-12-13-14-16-15(2)17/h10-13H,3-9,14H2,1-2H3,(H,16,17). The molecule has 0 unspecified atom stereocenters. The third kappa shape index (κ3) is 14.9. The van der Waals surface area contributed by atoms with E-state index < -0.39 is 0 Å². The molecule has 0 fully saturated rings. The van der Waals surface area contributed by atoms with Crippen molar-refractivity contribution >= 4 is 5.91 Å². The Morgan fingerprint density at radius 2 is 1.65 bits per heavy atom. The summed E-state index contributed by atoms with van der Waals surface area (Å²) in [4.78, 5) is 10.6. The lowest BCUT2D eigenvalue weighted by molar-refractivity contribution is -0.118. The first-order chi connectivity index (χ1) is 8.27. The van der Waals surface area contributed by atoms with E-state index >= 15 is 0 Å². The van der Waals surface area contributed by atoms with Gasteiger partial charge in [-0.25, -0.2) is 0 Å². The van der Waals surface area contributed by atoms with Crippen molar-refractivity contribution in [3.8, 4) is 0 Å². The molecule has 0 aliphatic carbocycles. The number of rotatable bonds is 10. The summed E-state index contributed by atoms with van der Waals surface area (Å²) in [7, 11) is 0. The molecule has 0 aromatic rings. The van der Waals surface area contributed by atoms with Crippen LogP contribution in [0.3, 0.4) is 0 Å². The Kier molecular flexibility index (Phi) is 12.2. The zero-order valence-electron chi connectivity index (χ0n) is 11.4. The Bertz CT molecular complexity index is 231. The maximum Gasteiger partial charge on any atom is 0.217 e. The van der Waals surface area contributed by atoms with Gasteiger partial charge in [-0.15, -0.1) is 0 Å². The van der Waals surface area contributed by atoms with Crippen LogP contribution < -0.4 is 5.32 Å². The number of carbonyl (C=O) groups excluding carboxylic acids is 1. The van der Waals surface area contributed by atoms with Crippen molar-refractivity contribution in [2.24, 2.45) is 0 Å². The fourth-order valence-corrected chi connectivity index (χ4v) is 1.57. The van der Waals surface area contributed by atoms with Gasteiger partial charge < -0.3 is 5.32 Å². The lowest BCUT2D eigenvalue weighted by Crippen LogP contribution is -2.19. The van der Waals surface area contributed by atoms with Gasteiger partial charge in [0, 0.05) is 13.5 Å². The molecular weight excluding hydrogens is 210 g/mol. The Hall–Kier alpha value is -1.05. The first-order valence-corrected chi connectivity index (χ1v) is 6.83. The highest BCUT2D eigenvalue weighted by atomic mass is 16.1. The average Bonchev–Trinajstić information content (AvgIpc) is 2.30. The fraction of sp³-hybridized carbons (Fsp3) is 0.667. The van der Waals surface area contributed by atoms with Crippen LogP contribution in [-0.4, -0.2) is 12.5 Å². The van der Waals surface area contributed by atoms with Crippen LogP contribution in [0, 0.1) is 0 Å². The molecule has 0 aromatic carbocycles. The highest BCUT2D eigenvalue weighted by molar-refractivity contribution is 5.72. The minimum Gasteiger partial charge on any atom is -0.353 e. The lowest BCUT2D eigenvalue weighted by atomic mass is 10.1. The summed E-state index contributed by atoms with van der Waals surface area (Å²) in [5.41, 5.74) is 0. The molecule has 0 spiro atoms. The van der Waals surface area contributed by atoms with Crippen molar-refractivity contribution in [1.82, 2.24) is 5.32 Å². The normalized spacial score (nSPS) is 11.4. The van der Waals surface area contributed by atoms with Gasteiger partial charge in [0.05, 0.1) is 0 Å². The van der Waals surface area contributed by atoms with Gasteiger partial charge in [-0.2, -0.15) is 0 Å². The maximum absolute atomic E-state index is 10.6. The monoisotopic (exact) mass is 237 g/mol. The summed E-state index contributed by atoms with van der Waals surface area (Å²) in [5.74, 6) is 0.0192. The van der Waals surface area contributed by atoms with Crippen molar-refractivity contribution in [3.63, 3.8) is 0 Å². The molecule has 0 saturated heterocycles. The summed E-state index contributed by atoms with van der Waals surface area (Å²) in [6.45, 7) is 4.40. The van der Waals surface area contributed by atoms with Crippen molar-refractivity contribution in [3.05, 3.63) is 24.3 Å². The van der Waals surface area contributed by atoms with Crippen molar-refractivity contribution < 1.29 is 4.79 Å². The molecule has 17 heavy (non-hydrogen) atoms. The van der Waals surface area contributed by atoms with Gasteiger partial charge in [0.25, 0.3) is 0 Å². The molecule has 2 nitrogen and oxygen atoms in total. The van der Waals surface area contributed by atoms with E-state index in [0.717, 1.165) is 6.42 Å². The molecule has 0 saturated carbocycles. The van der Waals surface area contributed by atoms with E-state index in [1.54, 1.807) is 0 Å². The molecule has 0 aromatic heterocycles. The van der Waals surface area contributed by atoms with E-state index in [0.29, 0.717) is 6.54 Å². The summed E-state index contributed by atoms with van der Waals surface area (Å²) in [6.07, 6.45) is 17.5. The number of carbonyl (C=O) groups is 1. The van der Waals surface area contributed by atoms with Crippen LogP contribution in [0.5, 0.6) is 0 Å². The predicted molar refractivity (Wildman–Crippen MR) is 75.0 cm³/mol. The molecule has 1 amide bonds. The Morgan fingerprint density at radius 3 is 2.35 bits per heavy atom. The second-order valence-electron chi connectivity index (χ2n) is 4.35. The zero-order valence-corrected chi connectivity index (χ0v) is 11.4. The first-order valence-electron chi connectivity index (χ1n) is 6.83. The summed E-state index contributed by atoms with van der Waals surface area (Å²) in [5, 5.41) is 2.72. The molecular formula is C15H27NO. The van der Waals surface area contributed by atoms with Crippen LogP contribution in [-0.2, 0) is 4.79 Å². The number of allylic oxidation sites excluding steroid dienone is 3. The molecule has 2 heteroatoms. The van der Waals surface area contributed by atoms with E-state index in [2.05, 4.69) is 24.4 Å². The van der Waals surface area contributed by atoms with Crippen LogP contribution in [0.15, 0.2) is 24.3 Å². The molecule has 0 atom stereocenters. The minimum absolute atomic E-state index is 0.0192. The van der Waals surface area contributed by atoms with Gasteiger partial charge in [-0.1, -0.05) is 63.3 Å². The fourth-order valence-electron chi connectivity index (χ4n) is 1.57. The molecule has 0 heterocycles. The summed E-state index contributed by atoms with van der Waals surface area (Å²) >= 11 is 0. The van der Waals surface area contributed by atoms with Gasteiger partial charge >= 0.3 is 0 Å². The van der Waals surface area contributed by atoms with Gasteiger partial charge in [0.15, 0.2) is 0 Å². The van der Waals surface area contributed by atoms with Gasteiger partial charge in [-0.05, 0) is 12.8 Å². The lowest BCUT2D eigenvalue weighted by Gasteiger charge is -1.97. The first kappa shape index (κ1) is 16.0. The Balaban J connectivity index is 3.22. The molecule has 0 bridgehead atoms. The molecule has 1 N–H and O–H groups in total. The van der Waals surface area contributed by atoms with E-state index in [9.17, 15) is 4.79 Å². The minimum atomic E-state index is 0.0192. The van der Waals surface area contributed by atoms with Crippen LogP contribution in [0.1, 0.15) is 58.8 Å². The second-order valence-corrected chi connectivity index (χ2v) is 4.35. The zero-order chi connectivity index (χ0) is 12.8. The topological polar surface area (TPSA) is 29.1 Å². The summed E-state index contributed by atoms with van der Waals surface area (Å²) in [6, 6.07) is 0. The highest BCUT2D eigenvalue weighted by Gasteiger charge is 1.87. The van der Waals surface area contributed by atoms with E-state index in [4.69, 9.17) is 0 Å². The smallest absolute Gasteiger partial charge is 0.217 e. The Labute approximate surface area is 106 Å². The van der Waals surface area contributed by atoms with Crippen LogP contribution >= 0.6 is 0 Å². The number of unbranched alkanes of at least 4 members (excludes halogenated alkanes) is 6. The van der Waals surface area contributed by atoms with Crippen molar-refractivity contribution in [2.45, 2.75) is 58.8 Å². The third-order valence-corrected chi connectivity index (χ3v) is 2.58. The quantitative estimate of drug-likeness (QED) is 0.452. The third-order valence-electron chi connectivity index (χ3n) is 2.58. The molecule has 0 aliphatic rings. The summed E-state index contributed by atoms with van der Waals surface area (Å²) < 4.78 is 0. The van der Waals surface area contributed by atoms with Crippen molar-refractivity contribution in [1.29, 1.82) is 0 Å². The van der Waals surface area contributed by atoms with E-state index in [1.165, 1.54) is 45.4 Å². The van der Waals surface area contributed by atoms with Gasteiger partial charge in [0.2, 0.25) is 5.91 Å². The van der Waals surface area contributed by atoms with Gasteiger partial charge in [0.1, 0.15) is 0 Å². The molecule has 98 valence electrons. The SMILES string of the molecule is CCCCCCCCC=CC=CCNC(C)=O. The number of amides is 1.